The van der Waals surface area contributed by atoms with Gasteiger partial charge in [-0.15, -0.1) is 11.3 Å². The van der Waals surface area contributed by atoms with Gasteiger partial charge in [0.1, 0.15) is 15.9 Å². The van der Waals surface area contributed by atoms with Crippen molar-refractivity contribution in [3.05, 3.63) is 47.4 Å². The molecule has 3 aromatic rings. The molecule has 0 saturated carbocycles. The summed E-state index contributed by atoms with van der Waals surface area (Å²) in [5, 5.41) is 23.2. The van der Waals surface area contributed by atoms with Crippen LogP contribution in [0.15, 0.2) is 40.3 Å². The molecular formula is C24H28FN3O4S2. The van der Waals surface area contributed by atoms with Crippen LogP contribution in [-0.4, -0.2) is 63.5 Å². The van der Waals surface area contributed by atoms with Gasteiger partial charge in [0.05, 0.1) is 30.8 Å². The van der Waals surface area contributed by atoms with Crippen LogP contribution < -0.4 is 4.74 Å². The molecular weight excluding hydrogens is 477 g/mol. The average Bonchev–Trinajstić information content (AvgIpc) is 3.36. The third-order valence-corrected chi connectivity index (χ3v) is 8.36. The number of aliphatic carboxylic acids is 1. The molecule has 1 aromatic carbocycles. The molecule has 182 valence electrons. The Labute approximate surface area is 206 Å². The number of ether oxygens (including phenoxy) is 1. The van der Waals surface area contributed by atoms with Crippen LogP contribution in [0.2, 0.25) is 0 Å². The highest BCUT2D eigenvalue weighted by Gasteiger charge is 2.34. The molecule has 7 nitrogen and oxygen atoms in total. The minimum atomic E-state index is -1.06. The Morgan fingerprint density at radius 1 is 1.41 bits per heavy atom. The van der Waals surface area contributed by atoms with Crippen molar-refractivity contribution < 1.29 is 24.1 Å². The lowest BCUT2D eigenvalue weighted by Crippen LogP contribution is -2.44. The first kappa shape index (κ1) is 24.8. The number of thioether (sulfide) groups is 1. The number of likely N-dealkylation sites (tertiary alicyclic amines) is 1. The van der Waals surface area contributed by atoms with Gasteiger partial charge in [-0.2, -0.15) is 0 Å². The molecule has 1 aliphatic heterocycles. The molecule has 2 N–H and O–H groups in total. The standard InChI is InChI=1S/C24H28FN3O4S2/c1-32-16-3-4-20-17(12-16)22(19(25)13-27-20)21(29)5-2-15-6-8-28(14-18(15)23(30)31)9-11-34-24-26-7-10-33-24/h3-4,7,10,12-13,15,18,21,29H,2,5-6,8-9,11,14H2,1H3,(H,30,31)/t15?,18?,21-/m1/s1. The summed E-state index contributed by atoms with van der Waals surface area (Å²) in [6, 6.07) is 5.14. The molecule has 0 radical (unpaired) electrons. The van der Waals surface area contributed by atoms with E-state index in [-0.39, 0.29) is 17.9 Å². The highest BCUT2D eigenvalue weighted by atomic mass is 32.2. The van der Waals surface area contributed by atoms with Gasteiger partial charge >= 0.3 is 5.97 Å². The number of aliphatic hydroxyl groups excluding tert-OH is 1. The second-order valence-corrected chi connectivity index (χ2v) is 10.7. The molecule has 3 heterocycles. The van der Waals surface area contributed by atoms with Crippen molar-refractivity contribution in [2.75, 3.05) is 32.5 Å². The zero-order valence-electron chi connectivity index (χ0n) is 18.9. The summed E-state index contributed by atoms with van der Waals surface area (Å²) in [6.07, 6.45) is 3.37. The fraction of sp³-hybridized carbons (Fsp3) is 0.458. The lowest BCUT2D eigenvalue weighted by atomic mass is 9.81. The highest BCUT2D eigenvalue weighted by molar-refractivity contribution is 8.01. The second kappa shape index (κ2) is 11.4. The number of aromatic nitrogens is 2. The van der Waals surface area contributed by atoms with Crippen LogP contribution in [0.5, 0.6) is 5.75 Å². The van der Waals surface area contributed by atoms with E-state index in [1.165, 1.54) is 7.11 Å². The Hall–Kier alpha value is -2.27. The topological polar surface area (TPSA) is 95.8 Å². The zero-order valence-corrected chi connectivity index (χ0v) is 20.5. The first-order valence-corrected chi connectivity index (χ1v) is 13.1. The third kappa shape index (κ3) is 5.86. The van der Waals surface area contributed by atoms with Gasteiger partial charge in [0, 0.05) is 41.4 Å². The van der Waals surface area contributed by atoms with Crippen LogP contribution in [0, 0.1) is 17.7 Å². The lowest BCUT2D eigenvalue weighted by molar-refractivity contribution is -0.146. The van der Waals surface area contributed by atoms with Gasteiger partial charge in [0.15, 0.2) is 0 Å². The average molecular weight is 506 g/mol. The molecule has 34 heavy (non-hydrogen) atoms. The maximum absolute atomic E-state index is 14.7. The number of carboxylic acid groups (broad SMARTS) is 1. The molecule has 0 aliphatic carbocycles. The van der Waals surface area contributed by atoms with Gasteiger partial charge in [-0.05, 0) is 49.9 Å². The molecule has 0 amide bonds. The Balaban J connectivity index is 1.38. The van der Waals surface area contributed by atoms with Gasteiger partial charge in [0.25, 0.3) is 0 Å². The van der Waals surface area contributed by atoms with E-state index < -0.39 is 23.8 Å². The first-order valence-electron chi connectivity index (χ1n) is 11.2. The number of carboxylic acids is 1. The van der Waals surface area contributed by atoms with Crippen LogP contribution >= 0.6 is 23.1 Å². The maximum atomic E-state index is 14.7. The molecule has 10 heteroatoms. The predicted octanol–water partition coefficient (Wildman–Crippen LogP) is 4.47. The number of hydrogen-bond donors (Lipinski definition) is 2. The second-order valence-electron chi connectivity index (χ2n) is 8.44. The Morgan fingerprint density at radius 2 is 2.26 bits per heavy atom. The van der Waals surface area contributed by atoms with Gasteiger partial charge in [-0.1, -0.05) is 11.8 Å². The van der Waals surface area contributed by atoms with E-state index in [4.69, 9.17) is 4.74 Å². The number of rotatable bonds is 10. The quantitative estimate of drug-likeness (QED) is 0.390. The summed E-state index contributed by atoms with van der Waals surface area (Å²) in [6.45, 7) is 2.10. The monoisotopic (exact) mass is 505 g/mol. The summed E-state index contributed by atoms with van der Waals surface area (Å²) in [7, 11) is 1.53. The van der Waals surface area contributed by atoms with Crippen molar-refractivity contribution in [1.82, 2.24) is 14.9 Å². The fourth-order valence-electron chi connectivity index (χ4n) is 4.59. The Morgan fingerprint density at radius 3 is 3.00 bits per heavy atom. The number of hydrogen-bond acceptors (Lipinski definition) is 8. The lowest BCUT2D eigenvalue weighted by Gasteiger charge is -2.36. The molecule has 3 atom stereocenters. The molecule has 2 aromatic heterocycles. The highest BCUT2D eigenvalue weighted by Crippen LogP contribution is 2.35. The maximum Gasteiger partial charge on any atom is 0.308 e. The van der Waals surface area contributed by atoms with Gasteiger partial charge in [0.2, 0.25) is 0 Å². The number of fused-ring (bicyclic) bond motifs is 1. The van der Waals surface area contributed by atoms with Gasteiger partial charge < -0.3 is 19.8 Å². The molecule has 1 fully saturated rings. The number of nitrogens with zero attached hydrogens (tertiary/aromatic N) is 3. The molecule has 0 spiro atoms. The number of halogens is 1. The van der Waals surface area contributed by atoms with Crippen molar-refractivity contribution in [3.8, 4) is 5.75 Å². The number of pyridine rings is 1. The number of piperidine rings is 1. The van der Waals surface area contributed by atoms with Crippen molar-refractivity contribution in [3.63, 3.8) is 0 Å². The number of aliphatic hydroxyl groups is 1. The van der Waals surface area contributed by atoms with Gasteiger partial charge in [-0.3, -0.25) is 9.78 Å². The largest absolute Gasteiger partial charge is 0.497 e. The number of thiazole rings is 1. The van der Waals surface area contributed by atoms with Crippen molar-refractivity contribution in [2.45, 2.75) is 29.7 Å². The van der Waals surface area contributed by atoms with Crippen LogP contribution in [-0.2, 0) is 4.79 Å². The van der Waals surface area contributed by atoms with Crippen LogP contribution in [0.25, 0.3) is 10.9 Å². The molecule has 0 bridgehead atoms. The smallest absolute Gasteiger partial charge is 0.308 e. The third-order valence-electron chi connectivity index (χ3n) is 6.41. The summed E-state index contributed by atoms with van der Waals surface area (Å²) in [5.41, 5.74) is 0.760. The summed E-state index contributed by atoms with van der Waals surface area (Å²) >= 11 is 3.29. The first-order chi connectivity index (χ1) is 16.5. The van der Waals surface area contributed by atoms with E-state index in [1.807, 2.05) is 5.38 Å². The Bertz CT molecular complexity index is 1120. The molecule has 1 aliphatic rings. The number of carbonyl (C=O) groups is 1. The van der Waals surface area contributed by atoms with Crippen LogP contribution in [0.3, 0.4) is 0 Å². The van der Waals surface area contributed by atoms with E-state index in [2.05, 4.69) is 14.9 Å². The van der Waals surface area contributed by atoms with E-state index in [0.29, 0.717) is 29.6 Å². The van der Waals surface area contributed by atoms with E-state index in [0.717, 1.165) is 35.8 Å². The van der Waals surface area contributed by atoms with Crippen molar-refractivity contribution in [1.29, 1.82) is 0 Å². The summed E-state index contributed by atoms with van der Waals surface area (Å²) in [4.78, 5) is 22.6. The molecule has 1 saturated heterocycles. The molecule has 4 rings (SSSR count). The fourth-order valence-corrected chi connectivity index (χ4v) is 6.30. The minimum absolute atomic E-state index is 0.0688. The van der Waals surface area contributed by atoms with E-state index in [1.54, 1.807) is 47.5 Å². The number of benzene rings is 1. The van der Waals surface area contributed by atoms with Crippen molar-refractivity contribution >= 4 is 40.0 Å². The Kier molecular flexibility index (Phi) is 8.36. The van der Waals surface area contributed by atoms with E-state index >= 15 is 0 Å². The zero-order chi connectivity index (χ0) is 24.1. The number of methoxy groups -OCH3 is 1. The normalized spacial score (nSPS) is 19.9. The SMILES string of the molecule is COc1ccc2ncc(F)c([C@H](O)CCC3CCN(CCSc4nccs4)CC3C(=O)O)c2c1. The van der Waals surface area contributed by atoms with Crippen LogP contribution in [0.1, 0.15) is 30.9 Å². The molecule has 2 unspecified atom stereocenters. The summed E-state index contributed by atoms with van der Waals surface area (Å²) in [5.74, 6) is -0.552. The predicted molar refractivity (Wildman–Crippen MR) is 131 cm³/mol. The van der Waals surface area contributed by atoms with Crippen LogP contribution in [0.4, 0.5) is 4.39 Å². The van der Waals surface area contributed by atoms with Crippen molar-refractivity contribution in [2.24, 2.45) is 11.8 Å². The minimum Gasteiger partial charge on any atom is -0.497 e. The summed E-state index contributed by atoms with van der Waals surface area (Å²) < 4.78 is 20.9. The van der Waals surface area contributed by atoms with Gasteiger partial charge in [-0.25, -0.2) is 9.37 Å². The van der Waals surface area contributed by atoms with E-state index in [9.17, 15) is 19.4 Å².